The lowest BCUT2D eigenvalue weighted by Crippen LogP contribution is -2.31. The molecule has 0 aliphatic carbocycles. The second-order valence-electron chi connectivity index (χ2n) is 4.04. The first kappa shape index (κ1) is 13.0. The third kappa shape index (κ3) is 3.30. The van der Waals surface area contributed by atoms with Crippen LogP contribution in [0.3, 0.4) is 0 Å². The Bertz CT molecular complexity index is 401. The lowest BCUT2D eigenvalue weighted by Gasteiger charge is -2.20. The standard InChI is InChI=1S/C12H15F2NO3/c13-12(14)7-15(3-4-16)6-9-1-2-10-11(5-9)18-8-17-10/h1-2,5,12,16H,3-4,6-8H2. The number of halogens is 2. The molecule has 1 heterocycles. The molecule has 0 radical (unpaired) electrons. The smallest absolute Gasteiger partial charge is 0.251 e. The molecule has 4 nitrogen and oxygen atoms in total. The van der Waals surface area contributed by atoms with E-state index in [-0.39, 0.29) is 26.5 Å². The zero-order chi connectivity index (χ0) is 13.0. The molecule has 0 saturated carbocycles. The van der Waals surface area contributed by atoms with Gasteiger partial charge in [-0.3, -0.25) is 4.90 Å². The fourth-order valence-corrected chi connectivity index (χ4v) is 1.87. The number of nitrogens with zero attached hydrogens (tertiary/aromatic N) is 1. The molecule has 1 aromatic carbocycles. The zero-order valence-electron chi connectivity index (χ0n) is 9.81. The Morgan fingerprint density at radius 1 is 1.28 bits per heavy atom. The fraction of sp³-hybridized carbons (Fsp3) is 0.500. The summed E-state index contributed by atoms with van der Waals surface area (Å²) in [4.78, 5) is 1.50. The Labute approximate surface area is 104 Å². The van der Waals surface area contributed by atoms with Crippen LogP contribution < -0.4 is 9.47 Å². The lowest BCUT2D eigenvalue weighted by molar-refractivity contribution is 0.0746. The van der Waals surface area contributed by atoms with Gasteiger partial charge in [0, 0.05) is 13.1 Å². The van der Waals surface area contributed by atoms with Crippen LogP contribution in [-0.4, -0.2) is 42.9 Å². The van der Waals surface area contributed by atoms with Gasteiger partial charge >= 0.3 is 0 Å². The predicted octanol–water partition coefficient (Wildman–Crippen LogP) is 1.47. The van der Waals surface area contributed by atoms with Crippen LogP contribution >= 0.6 is 0 Å². The maximum atomic E-state index is 12.4. The molecule has 0 atom stereocenters. The molecule has 0 unspecified atom stereocenters. The molecule has 1 N–H and O–H groups in total. The van der Waals surface area contributed by atoms with Crippen molar-refractivity contribution < 1.29 is 23.4 Å². The second kappa shape index (κ2) is 5.97. The van der Waals surface area contributed by atoms with E-state index >= 15 is 0 Å². The molecule has 0 spiro atoms. The number of aliphatic hydroxyl groups is 1. The number of rotatable bonds is 6. The van der Waals surface area contributed by atoms with Crippen molar-refractivity contribution in [1.82, 2.24) is 4.90 Å². The summed E-state index contributed by atoms with van der Waals surface area (Å²) in [7, 11) is 0. The average Bonchev–Trinajstić information content (AvgIpc) is 2.75. The third-order valence-corrected chi connectivity index (χ3v) is 2.66. The van der Waals surface area contributed by atoms with Gasteiger partial charge in [-0.15, -0.1) is 0 Å². The minimum atomic E-state index is -2.41. The van der Waals surface area contributed by atoms with E-state index in [2.05, 4.69) is 0 Å². The minimum Gasteiger partial charge on any atom is -0.454 e. The molecule has 1 aliphatic heterocycles. The van der Waals surface area contributed by atoms with Crippen molar-refractivity contribution in [3.05, 3.63) is 23.8 Å². The normalized spacial score (nSPS) is 13.6. The van der Waals surface area contributed by atoms with Gasteiger partial charge in [-0.05, 0) is 17.7 Å². The van der Waals surface area contributed by atoms with E-state index in [4.69, 9.17) is 14.6 Å². The molecule has 6 heteroatoms. The Morgan fingerprint density at radius 2 is 2.06 bits per heavy atom. The highest BCUT2D eigenvalue weighted by molar-refractivity contribution is 5.44. The van der Waals surface area contributed by atoms with Crippen LogP contribution in [0.2, 0.25) is 0 Å². The number of aliphatic hydroxyl groups excluding tert-OH is 1. The van der Waals surface area contributed by atoms with E-state index < -0.39 is 6.43 Å². The number of fused-ring (bicyclic) bond motifs is 1. The van der Waals surface area contributed by atoms with Crippen LogP contribution in [-0.2, 0) is 6.54 Å². The Balaban J connectivity index is 2.01. The summed E-state index contributed by atoms with van der Waals surface area (Å²) < 4.78 is 35.1. The van der Waals surface area contributed by atoms with Crippen molar-refractivity contribution in [2.24, 2.45) is 0 Å². The maximum absolute atomic E-state index is 12.4. The van der Waals surface area contributed by atoms with E-state index in [1.807, 2.05) is 6.07 Å². The van der Waals surface area contributed by atoms with Crippen molar-refractivity contribution >= 4 is 0 Å². The van der Waals surface area contributed by atoms with Crippen LogP contribution in [0.5, 0.6) is 11.5 Å². The summed E-state index contributed by atoms with van der Waals surface area (Å²) in [6.07, 6.45) is -2.41. The molecule has 18 heavy (non-hydrogen) atoms. The van der Waals surface area contributed by atoms with Gasteiger partial charge in [-0.2, -0.15) is 0 Å². The van der Waals surface area contributed by atoms with Gasteiger partial charge in [0.05, 0.1) is 13.2 Å². The van der Waals surface area contributed by atoms with Crippen LogP contribution in [0.25, 0.3) is 0 Å². The number of hydrogen-bond acceptors (Lipinski definition) is 4. The molecular formula is C12H15F2NO3. The van der Waals surface area contributed by atoms with Gasteiger partial charge in [-0.25, -0.2) is 8.78 Å². The van der Waals surface area contributed by atoms with Gasteiger partial charge in [0.15, 0.2) is 11.5 Å². The molecule has 1 aliphatic rings. The SMILES string of the molecule is OCCN(Cc1ccc2c(c1)OCO2)CC(F)F. The van der Waals surface area contributed by atoms with Crippen molar-refractivity contribution in [1.29, 1.82) is 0 Å². The first-order valence-corrected chi connectivity index (χ1v) is 5.69. The monoisotopic (exact) mass is 259 g/mol. The van der Waals surface area contributed by atoms with Crippen molar-refractivity contribution in [2.75, 3.05) is 26.5 Å². The highest BCUT2D eigenvalue weighted by atomic mass is 19.3. The van der Waals surface area contributed by atoms with Crippen molar-refractivity contribution in [2.45, 2.75) is 13.0 Å². The van der Waals surface area contributed by atoms with Gasteiger partial charge in [0.1, 0.15) is 0 Å². The molecule has 1 aromatic rings. The lowest BCUT2D eigenvalue weighted by atomic mass is 10.2. The van der Waals surface area contributed by atoms with Gasteiger partial charge < -0.3 is 14.6 Å². The van der Waals surface area contributed by atoms with Crippen molar-refractivity contribution in [3.63, 3.8) is 0 Å². The summed E-state index contributed by atoms with van der Waals surface area (Å²) >= 11 is 0. The second-order valence-corrected chi connectivity index (χ2v) is 4.04. The Kier molecular flexibility index (Phi) is 4.33. The molecule has 100 valence electrons. The molecule has 2 rings (SSSR count). The number of benzene rings is 1. The van der Waals surface area contributed by atoms with Crippen LogP contribution in [0.1, 0.15) is 5.56 Å². The predicted molar refractivity (Wildman–Crippen MR) is 60.9 cm³/mol. The summed E-state index contributed by atoms with van der Waals surface area (Å²) in [5.74, 6) is 1.30. The molecule has 0 amide bonds. The van der Waals surface area contributed by atoms with E-state index in [0.29, 0.717) is 18.0 Å². The zero-order valence-corrected chi connectivity index (χ0v) is 9.81. The van der Waals surface area contributed by atoms with Crippen LogP contribution in [0, 0.1) is 0 Å². The van der Waals surface area contributed by atoms with E-state index in [0.717, 1.165) is 5.56 Å². The van der Waals surface area contributed by atoms with E-state index in [9.17, 15) is 8.78 Å². The van der Waals surface area contributed by atoms with E-state index in [1.54, 1.807) is 12.1 Å². The number of alkyl halides is 2. The Hall–Kier alpha value is -1.40. The van der Waals surface area contributed by atoms with Gasteiger partial charge in [-0.1, -0.05) is 6.07 Å². The van der Waals surface area contributed by atoms with Crippen molar-refractivity contribution in [3.8, 4) is 11.5 Å². The van der Waals surface area contributed by atoms with E-state index in [1.165, 1.54) is 4.90 Å². The number of hydrogen-bond donors (Lipinski definition) is 1. The summed E-state index contributed by atoms with van der Waals surface area (Å²) in [6.45, 7) is 0.267. The molecular weight excluding hydrogens is 244 g/mol. The Morgan fingerprint density at radius 3 is 2.78 bits per heavy atom. The maximum Gasteiger partial charge on any atom is 0.251 e. The van der Waals surface area contributed by atoms with Crippen LogP contribution in [0.15, 0.2) is 18.2 Å². The third-order valence-electron chi connectivity index (χ3n) is 2.66. The number of ether oxygens (including phenoxy) is 2. The highest BCUT2D eigenvalue weighted by Crippen LogP contribution is 2.32. The molecule has 0 bridgehead atoms. The quantitative estimate of drug-likeness (QED) is 0.840. The largest absolute Gasteiger partial charge is 0.454 e. The average molecular weight is 259 g/mol. The van der Waals surface area contributed by atoms with Crippen LogP contribution in [0.4, 0.5) is 8.78 Å². The van der Waals surface area contributed by atoms with Gasteiger partial charge in [0.2, 0.25) is 6.79 Å². The minimum absolute atomic E-state index is 0.142. The summed E-state index contributed by atoms with van der Waals surface area (Å²) in [5, 5.41) is 8.85. The first-order chi connectivity index (χ1) is 8.69. The molecule has 0 saturated heterocycles. The summed E-state index contributed by atoms with van der Waals surface area (Å²) in [5.41, 5.74) is 0.855. The van der Waals surface area contributed by atoms with Gasteiger partial charge in [0.25, 0.3) is 6.43 Å². The highest BCUT2D eigenvalue weighted by Gasteiger charge is 2.16. The molecule has 0 fully saturated rings. The molecule has 0 aromatic heterocycles. The fourth-order valence-electron chi connectivity index (χ4n) is 1.87. The topological polar surface area (TPSA) is 41.9 Å². The summed E-state index contributed by atoms with van der Waals surface area (Å²) in [6, 6.07) is 5.35. The first-order valence-electron chi connectivity index (χ1n) is 5.69.